The van der Waals surface area contributed by atoms with Gasteiger partial charge in [0, 0.05) is 0 Å². The van der Waals surface area contributed by atoms with Crippen molar-refractivity contribution in [3.63, 3.8) is 0 Å². The average molecular weight is 297 g/mol. The lowest BCUT2D eigenvalue weighted by Crippen LogP contribution is -2.33. The highest BCUT2D eigenvalue weighted by Crippen LogP contribution is 2.29. The quantitative estimate of drug-likeness (QED) is 0.784. The van der Waals surface area contributed by atoms with E-state index in [2.05, 4.69) is 11.8 Å². The minimum absolute atomic E-state index is 0.389. The zero-order valence-corrected chi connectivity index (χ0v) is 13.0. The van der Waals surface area contributed by atoms with Crippen LogP contribution in [0, 0.1) is 0 Å². The molecule has 1 heterocycles. The molecule has 0 aliphatic carbocycles. The topological polar surface area (TPSA) is 46.6 Å². The highest BCUT2D eigenvalue weighted by molar-refractivity contribution is 7.86. The number of benzene rings is 1. The molecule has 0 spiro atoms. The van der Waals surface area contributed by atoms with Crippen molar-refractivity contribution in [1.82, 2.24) is 4.90 Å². The predicted molar refractivity (Wildman–Crippen MR) is 80.6 cm³/mol. The molecule has 112 valence electrons. The summed E-state index contributed by atoms with van der Waals surface area (Å²) < 4.78 is 27.0. The first-order chi connectivity index (χ1) is 9.48. The molecule has 0 amide bonds. The summed E-state index contributed by atoms with van der Waals surface area (Å²) in [6.45, 7) is 5.71. The summed E-state index contributed by atoms with van der Waals surface area (Å²) in [6, 6.07) is 7.46. The maximum atomic E-state index is 11.1. The highest BCUT2D eigenvalue weighted by atomic mass is 32.2. The first-order valence-corrected chi connectivity index (χ1v) is 9.01. The molecule has 1 aromatic carbocycles. The van der Waals surface area contributed by atoms with Gasteiger partial charge in [-0.3, -0.25) is 0 Å². The van der Waals surface area contributed by atoms with Crippen molar-refractivity contribution in [3.05, 3.63) is 29.8 Å². The molecular weight excluding hydrogens is 274 g/mol. The second-order valence-electron chi connectivity index (χ2n) is 5.47. The van der Waals surface area contributed by atoms with Crippen LogP contribution in [0.25, 0.3) is 0 Å². The van der Waals surface area contributed by atoms with Gasteiger partial charge in [0.25, 0.3) is 0 Å². The third-order valence-corrected chi connectivity index (χ3v) is 4.22. The van der Waals surface area contributed by atoms with Crippen molar-refractivity contribution in [2.24, 2.45) is 0 Å². The van der Waals surface area contributed by atoms with Crippen LogP contribution >= 0.6 is 0 Å². The van der Waals surface area contributed by atoms with Gasteiger partial charge in [0.05, 0.1) is 6.26 Å². The van der Waals surface area contributed by atoms with Crippen LogP contribution in [0.15, 0.2) is 24.3 Å². The van der Waals surface area contributed by atoms with Gasteiger partial charge >= 0.3 is 10.1 Å². The van der Waals surface area contributed by atoms with E-state index in [-0.39, 0.29) is 0 Å². The van der Waals surface area contributed by atoms with Crippen molar-refractivity contribution >= 4 is 10.1 Å². The second-order valence-corrected chi connectivity index (χ2v) is 7.05. The molecule has 0 saturated carbocycles. The number of likely N-dealkylation sites (tertiary alicyclic amines) is 1. The monoisotopic (exact) mass is 297 g/mol. The molecule has 0 unspecified atom stereocenters. The molecule has 0 radical (unpaired) electrons. The molecule has 1 aromatic rings. The van der Waals surface area contributed by atoms with Crippen LogP contribution < -0.4 is 4.18 Å². The van der Waals surface area contributed by atoms with Gasteiger partial charge in [-0.15, -0.1) is 0 Å². The van der Waals surface area contributed by atoms with Crippen LogP contribution in [-0.4, -0.2) is 39.2 Å². The number of rotatable bonds is 5. The van der Waals surface area contributed by atoms with E-state index >= 15 is 0 Å². The van der Waals surface area contributed by atoms with Gasteiger partial charge in [-0.05, 0) is 62.5 Å². The molecule has 1 saturated heterocycles. The van der Waals surface area contributed by atoms with Crippen molar-refractivity contribution in [3.8, 4) is 5.75 Å². The van der Waals surface area contributed by atoms with Crippen LogP contribution in [0.1, 0.15) is 37.7 Å². The van der Waals surface area contributed by atoms with Gasteiger partial charge in [0.15, 0.2) is 0 Å². The van der Waals surface area contributed by atoms with Gasteiger partial charge < -0.3 is 9.08 Å². The maximum absolute atomic E-state index is 11.1. The Morgan fingerprint density at radius 2 is 1.80 bits per heavy atom. The molecule has 0 bridgehead atoms. The maximum Gasteiger partial charge on any atom is 0.306 e. The Bertz CT molecular complexity index is 517. The summed E-state index contributed by atoms with van der Waals surface area (Å²) in [6.07, 6.45) is 4.62. The van der Waals surface area contributed by atoms with Gasteiger partial charge in [0.1, 0.15) is 5.75 Å². The zero-order chi connectivity index (χ0) is 14.6. The number of piperidine rings is 1. The van der Waals surface area contributed by atoms with Gasteiger partial charge in [0.2, 0.25) is 0 Å². The Morgan fingerprint density at radius 1 is 1.20 bits per heavy atom. The van der Waals surface area contributed by atoms with Gasteiger partial charge in [-0.1, -0.05) is 19.1 Å². The molecular formula is C15H23NO3S. The standard InChI is InChI=1S/C15H23NO3S/c1-3-10-16-11-8-14(9-12-16)13-4-6-15(7-5-13)19-20(2,17)18/h4-7,14H,3,8-12H2,1-2H3. The Kier molecular flexibility index (Phi) is 5.05. The molecule has 0 aromatic heterocycles. The Labute approximate surface area is 121 Å². The Hall–Kier alpha value is -1.07. The van der Waals surface area contributed by atoms with E-state index < -0.39 is 10.1 Å². The summed E-state index contributed by atoms with van der Waals surface area (Å²) in [5.41, 5.74) is 1.28. The minimum Gasteiger partial charge on any atom is -0.383 e. The lowest BCUT2D eigenvalue weighted by Gasteiger charge is -2.31. The third kappa shape index (κ3) is 4.49. The largest absolute Gasteiger partial charge is 0.383 e. The van der Waals surface area contributed by atoms with Crippen LogP contribution in [0.2, 0.25) is 0 Å². The van der Waals surface area contributed by atoms with E-state index in [1.807, 2.05) is 12.1 Å². The smallest absolute Gasteiger partial charge is 0.306 e. The summed E-state index contributed by atoms with van der Waals surface area (Å²) >= 11 is 0. The molecule has 1 aliphatic heterocycles. The zero-order valence-electron chi connectivity index (χ0n) is 12.2. The van der Waals surface area contributed by atoms with Crippen LogP contribution in [0.4, 0.5) is 0 Å². The van der Waals surface area contributed by atoms with E-state index in [1.54, 1.807) is 12.1 Å². The van der Waals surface area contributed by atoms with E-state index in [4.69, 9.17) is 4.18 Å². The Morgan fingerprint density at radius 3 is 2.30 bits per heavy atom. The fourth-order valence-electron chi connectivity index (χ4n) is 2.78. The predicted octanol–water partition coefficient (Wildman–Crippen LogP) is 2.61. The fraction of sp³-hybridized carbons (Fsp3) is 0.600. The molecule has 20 heavy (non-hydrogen) atoms. The van der Waals surface area contributed by atoms with Crippen LogP contribution in [0.5, 0.6) is 5.75 Å². The molecule has 1 fully saturated rings. The van der Waals surface area contributed by atoms with Gasteiger partial charge in [-0.25, -0.2) is 0 Å². The van der Waals surface area contributed by atoms with E-state index in [9.17, 15) is 8.42 Å². The normalized spacial score (nSPS) is 18.1. The minimum atomic E-state index is -3.44. The average Bonchev–Trinajstić information content (AvgIpc) is 2.39. The number of hydrogen-bond acceptors (Lipinski definition) is 4. The van der Waals surface area contributed by atoms with Crippen LogP contribution in [-0.2, 0) is 10.1 Å². The molecule has 0 N–H and O–H groups in total. The van der Waals surface area contributed by atoms with Crippen molar-refractivity contribution in [1.29, 1.82) is 0 Å². The molecule has 4 nitrogen and oxygen atoms in total. The molecule has 0 atom stereocenters. The molecule has 1 aliphatic rings. The number of nitrogens with zero attached hydrogens (tertiary/aromatic N) is 1. The highest BCUT2D eigenvalue weighted by Gasteiger charge is 2.20. The SMILES string of the molecule is CCCN1CCC(c2ccc(OS(C)(=O)=O)cc2)CC1. The van der Waals surface area contributed by atoms with E-state index in [1.165, 1.54) is 31.4 Å². The first kappa shape index (κ1) is 15.3. The molecule has 5 heteroatoms. The summed E-state index contributed by atoms with van der Waals surface area (Å²) in [4.78, 5) is 2.51. The summed E-state index contributed by atoms with van der Waals surface area (Å²) in [7, 11) is -3.44. The fourth-order valence-corrected chi connectivity index (χ4v) is 3.24. The van der Waals surface area contributed by atoms with Gasteiger partial charge in [-0.2, -0.15) is 8.42 Å². The second kappa shape index (κ2) is 6.59. The summed E-state index contributed by atoms with van der Waals surface area (Å²) in [5.74, 6) is 0.968. The number of hydrogen-bond donors (Lipinski definition) is 0. The summed E-state index contributed by atoms with van der Waals surface area (Å²) in [5, 5.41) is 0. The lowest BCUT2D eigenvalue weighted by atomic mass is 9.89. The lowest BCUT2D eigenvalue weighted by molar-refractivity contribution is 0.213. The third-order valence-electron chi connectivity index (χ3n) is 3.73. The van der Waals surface area contributed by atoms with Crippen molar-refractivity contribution in [2.75, 3.05) is 25.9 Å². The van der Waals surface area contributed by atoms with E-state index in [0.717, 1.165) is 19.3 Å². The molecule has 2 rings (SSSR count). The Balaban J connectivity index is 1.94. The van der Waals surface area contributed by atoms with Crippen molar-refractivity contribution < 1.29 is 12.6 Å². The van der Waals surface area contributed by atoms with E-state index in [0.29, 0.717) is 11.7 Å². The van der Waals surface area contributed by atoms with Crippen LogP contribution in [0.3, 0.4) is 0 Å². The first-order valence-electron chi connectivity index (χ1n) is 7.19. The van der Waals surface area contributed by atoms with Crippen molar-refractivity contribution in [2.45, 2.75) is 32.1 Å².